The van der Waals surface area contributed by atoms with Crippen LogP contribution in [0.1, 0.15) is 56.3 Å². The monoisotopic (exact) mass is 595 g/mol. The molecule has 0 radical (unpaired) electrons. The minimum absolute atomic E-state index is 0.120. The normalized spacial score (nSPS) is 20.7. The second-order valence-corrected chi connectivity index (χ2v) is 11.6. The van der Waals surface area contributed by atoms with Gasteiger partial charge in [-0.3, -0.25) is 4.79 Å². The molecule has 4 N–H and O–H groups in total. The topological polar surface area (TPSA) is 142 Å². The van der Waals surface area contributed by atoms with Gasteiger partial charge in [0.15, 0.2) is 17.2 Å². The van der Waals surface area contributed by atoms with E-state index in [1.165, 1.54) is 6.42 Å². The Kier molecular flexibility index (Phi) is 9.44. The molecule has 5 amide bonds. The van der Waals surface area contributed by atoms with E-state index in [2.05, 4.69) is 16.0 Å². The second kappa shape index (κ2) is 13.4. The highest BCUT2D eigenvalue weighted by atomic mass is 16.7. The van der Waals surface area contributed by atoms with Gasteiger partial charge in [-0.15, -0.1) is 0 Å². The molecule has 0 spiro atoms. The van der Waals surface area contributed by atoms with Crippen LogP contribution >= 0.6 is 0 Å². The molecule has 12 nitrogen and oxygen atoms in total. The molecular weight excluding hydrogens is 554 g/mol. The van der Waals surface area contributed by atoms with E-state index >= 15 is 0 Å². The van der Waals surface area contributed by atoms with Crippen LogP contribution in [0.5, 0.6) is 17.2 Å². The van der Waals surface area contributed by atoms with Crippen molar-refractivity contribution in [1.82, 2.24) is 15.1 Å². The maximum Gasteiger partial charge on any atom is 0.323 e. The lowest BCUT2D eigenvalue weighted by atomic mass is 9.96. The molecular formula is C31H41N5O7. The summed E-state index contributed by atoms with van der Waals surface area (Å²) >= 11 is 0. The van der Waals surface area contributed by atoms with Crippen molar-refractivity contribution in [3.63, 3.8) is 0 Å². The third-order valence-corrected chi connectivity index (χ3v) is 8.30. The van der Waals surface area contributed by atoms with Crippen molar-refractivity contribution >= 4 is 29.3 Å². The summed E-state index contributed by atoms with van der Waals surface area (Å²) in [7, 11) is 1.73. The minimum atomic E-state index is -0.542. The molecule has 2 heterocycles. The lowest BCUT2D eigenvalue weighted by Gasteiger charge is -2.38. The van der Waals surface area contributed by atoms with Gasteiger partial charge in [-0.25, -0.2) is 9.59 Å². The lowest BCUT2D eigenvalue weighted by Crippen LogP contribution is -2.52. The zero-order valence-electron chi connectivity index (χ0n) is 24.9. The first-order valence-corrected chi connectivity index (χ1v) is 14.9. The van der Waals surface area contributed by atoms with Crippen molar-refractivity contribution in [2.45, 2.75) is 64.1 Å². The van der Waals surface area contributed by atoms with Crippen molar-refractivity contribution in [3.8, 4) is 17.2 Å². The van der Waals surface area contributed by atoms with Crippen molar-refractivity contribution < 1.29 is 33.7 Å². The van der Waals surface area contributed by atoms with Gasteiger partial charge in [-0.1, -0.05) is 32.3 Å². The first kappa shape index (κ1) is 30.3. The molecule has 0 saturated heterocycles. The fourth-order valence-corrected chi connectivity index (χ4v) is 5.70. The van der Waals surface area contributed by atoms with Gasteiger partial charge in [0.2, 0.25) is 6.79 Å². The lowest BCUT2D eigenvalue weighted by molar-refractivity contribution is 0.0368. The number of nitrogens with one attached hydrogen (secondary N) is 3. The predicted octanol–water partition coefficient (Wildman–Crippen LogP) is 4.25. The van der Waals surface area contributed by atoms with E-state index < -0.39 is 18.2 Å². The molecule has 1 fully saturated rings. The molecule has 0 aromatic heterocycles. The van der Waals surface area contributed by atoms with Crippen molar-refractivity contribution in [1.29, 1.82) is 0 Å². The highest BCUT2D eigenvalue weighted by molar-refractivity contribution is 6.04. The maximum atomic E-state index is 13.7. The number of anilines is 2. The molecule has 0 unspecified atom stereocenters. The Morgan fingerprint density at radius 3 is 2.63 bits per heavy atom. The van der Waals surface area contributed by atoms with Crippen LogP contribution in [0.15, 0.2) is 36.4 Å². The van der Waals surface area contributed by atoms with Crippen LogP contribution in [-0.2, 0) is 0 Å². The van der Waals surface area contributed by atoms with E-state index in [1.807, 2.05) is 6.92 Å². The Morgan fingerprint density at radius 1 is 1.09 bits per heavy atom. The summed E-state index contributed by atoms with van der Waals surface area (Å²) in [5.41, 5.74) is 1.05. The molecule has 3 aliphatic rings. The fourth-order valence-electron chi connectivity index (χ4n) is 5.70. The minimum Gasteiger partial charge on any atom is -0.485 e. The van der Waals surface area contributed by atoms with Crippen LogP contribution in [0.25, 0.3) is 0 Å². The number of benzene rings is 2. The number of hydrogen-bond donors (Lipinski definition) is 4. The van der Waals surface area contributed by atoms with E-state index in [9.17, 15) is 19.5 Å². The van der Waals surface area contributed by atoms with Crippen LogP contribution < -0.4 is 30.2 Å². The molecule has 0 bridgehead atoms. The van der Waals surface area contributed by atoms with Gasteiger partial charge in [-0.2, -0.15) is 0 Å². The Balaban J connectivity index is 1.38. The Labute approximate surface area is 251 Å². The zero-order valence-corrected chi connectivity index (χ0v) is 24.9. The van der Waals surface area contributed by atoms with Gasteiger partial charge >= 0.3 is 12.1 Å². The first-order valence-electron chi connectivity index (χ1n) is 14.9. The molecule has 3 atom stereocenters. The standard InChI is InChI=1S/C31H41N5O7/c1-19-15-36(20(2)17-37)29(38)23-10-7-11-24(34-30(39)32-22-12-13-25-26(14-22)42-18-41-25)28(23)43-27(19)16-35(3)31(40)33-21-8-5-4-6-9-21/h7,10-14,19-21,27,37H,4-6,8-9,15-18H2,1-3H3,(H,33,40)(H2,32,34,39)/t19-,20+,27-/m0/s1. The number of fused-ring (bicyclic) bond motifs is 2. The van der Waals surface area contributed by atoms with Crippen LogP contribution in [0.3, 0.4) is 0 Å². The number of carbonyl (C=O) groups is 3. The highest BCUT2D eigenvalue weighted by Gasteiger charge is 2.35. The molecule has 5 rings (SSSR count). The number of para-hydroxylation sites is 1. The Bertz CT molecular complexity index is 1330. The quantitative estimate of drug-likeness (QED) is 0.375. The Hall–Kier alpha value is -4.19. The molecule has 2 aliphatic heterocycles. The smallest absolute Gasteiger partial charge is 0.323 e. The number of likely N-dealkylation sites (N-methyl/N-ethyl adjacent to an activating group) is 1. The first-order chi connectivity index (χ1) is 20.7. The number of nitrogens with zero attached hydrogens (tertiary/aromatic N) is 2. The van der Waals surface area contributed by atoms with Gasteiger partial charge < -0.3 is 45.1 Å². The number of ether oxygens (including phenoxy) is 3. The zero-order chi connectivity index (χ0) is 30.5. The average Bonchev–Trinajstić information content (AvgIpc) is 3.47. The van der Waals surface area contributed by atoms with E-state index in [1.54, 1.807) is 60.2 Å². The highest BCUT2D eigenvalue weighted by Crippen LogP contribution is 2.36. The van der Waals surface area contributed by atoms with Crippen LogP contribution in [0.4, 0.5) is 21.0 Å². The summed E-state index contributed by atoms with van der Waals surface area (Å²) in [6.07, 6.45) is 4.85. The van der Waals surface area contributed by atoms with Gasteiger partial charge in [0.25, 0.3) is 5.91 Å². The molecule has 1 saturated carbocycles. The number of aliphatic hydroxyl groups excluding tert-OH is 1. The van der Waals surface area contributed by atoms with Gasteiger partial charge in [0, 0.05) is 37.3 Å². The van der Waals surface area contributed by atoms with Crippen LogP contribution in [-0.4, -0.2) is 84.6 Å². The number of hydrogen-bond acceptors (Lipinski definition) is 7. The SMILES string of the molecule is C[C@H](CO)N1C[C@H](C)[C@H](CN(C)C(=O)NC2CCCCC2)Oc2c(NC(=O)Nc3ccc4c(c3)OCO4)cccc2C1=O. The third kappa shape index (κ3) is 7.07. The van der Waals surface area contributed by atoms with E-state index in [0.717, 1.165) is 25.7 Å². The van der Waals surface area contributed by atoms with Crippen molar-refractivity contribution in [3.05, 3.63) is 42.0 Å². The van der Waals surface area contributed by atoms with Gasteiger partial charge in [0.05, 0.1) is 30.4 Å². The number of rotatable bonds is 7. The summed E-state index contributed by atoms with van der Waals surface area (Å²) in [5.74, 6) is 0.822. The summed E-state index contributed by atoms with van der Waals surface area (Å²) in [5, 5.41) is 18.7. The largest absolute Gasteiger partial charge is 0.485 e. The number of amides is 5. The van der Waals surface area contributed by atoms with E-state index in [0.29, 0.717) is 29.4 Å². The number of urea groups is 2. The summed E-state index contributed by atoms with van der Waals surface area (Å²) < 4.78 is 17.3. The molecule has 1 aliphatic carbocycles. The predicted molar refractivity (Wildman–Crippen MR) is 161 cm³/mol. The molecule has 2 aromatic rings. The van der Waals surface area contributed by atoms with Crippen LogP contribution in [0.2, 0.25) is 0 Å². The van der Waals surface area contributed by atoms with Gasteiger partial charge in [-0.05, 0) is 44.0 Å². The maximum absolute atomic E-state index is 13.7. The fraction of sp³-hybridized carbons (Fsp3) is 0.516. The summed E-state index contributed by atoms with van der Waals surface area (Å²) in [4.78, 5) is 43.2. The van der Waals surface area contributed by atoms with Gasteiger partial charge in [0.1, 0.15) is 6.10 Å². The van der Waals surface area contributed by atoms with Crippen LogP contribution in [0, 0.1) is 5.92 Å². The number of aliphatic hydroxyl groups is 1. The Morgan fingerprint density at radius 2 is 1.86 bits per heavy atom. The van der Waals surface area contributed by atoms with Crippen molar-refractivity contribution in [2.75, 3.05) is 44.2 Å². The second-order valence-electron chi connectivity index (χ2n) is 11.6. The molecule has 2 aromatic carbocycles. The summed E-state index contributed by atoms with van der Waals surface area (Å²) in [6.45, 7) is 4.23. The van der Waals surface area contributed by atoms with E-state index in [4.69, 9.17) is 14.2 Å². The molecule has 232 valence electrons. The molecule has 43 heavy (non-hydrogen) atoms. The average molecular weight is 596 g/mol. The summed E-state index contributed by atoms with van der Waals surface area (Å²) in [6, 6.07) is 9.05. The van der Waals surface area contributed by atoms with E-state index in [-0.39, 0.29) is 55.2 Å². The number of carbonyl (C=O) groups excluding carboxylic acids is 3. The van der Waals surface area contributed by atoms with Crippen molar-refractivity contribution in [2.24, 2.45) is 5.92 Å². The third-order valence-electron chi connectivity index (χ3n) is 8.30. The molecule has 12 heteroatoms.